The summed E-state index contributed by atoms with van der Waals surface area (Å²) >= 11 is 0. The highest BCUT2D eigenvalue weighted by molar-refractivity contribution is 5.99. The monoisotopic (exact) mass is 459 g/mol. The summed E-state index contributed by atoms with van der Waals surface area (Å²) in [6.07, 6.45) is 2.92. The van der Waals surface area contributed by atoms with Crippen molar-refractivity contribution in [3.63, 3.8) is 0 Å². The van der Waals surface area contributed by atoms with Crippen molar-refractivity contribution in [2.75, 3.05) is 50.2 Å². The highest BCUT2D eigenvalue weighted by Gasteiger charge is 2.32. The van der Waals surface area contributed by atoms with E-state index >= 15 is 0 Å². The number of carbonyl (C=O) groups excluding carboxylic acids is 1. The molecule has 1 atom stereocenters. The van der Waals surface area contributed by atoms with Crippen molar-refractivity contribution in [1.82, 2.24) is 15.0 Å². The number of rotatable bonds is 5. The molecule has 0 saturated carbocycles. The fourth-order valence-electron chi connectivity index (χ4n) is 4.95. The molecule has 0 bridgehead atoms. The van der Waals surface area contributed by atoms with E-state index in [0.717, 1.165) is 60.4 Å². The number of benzene rings is 1. The highest BCUT2D eigenvalue weighted by atomic mass is 16.5. The number of Topliss-reactive ketones (excluding diaryl/α,β-unsaturated/α-hetero) is 1. The van der Waals surface area contributed by atoms with E-state index in [1.54, 1.807) is 14.2 Å². The van der Waals surface area contributed by atoms with Gasteiger partial charge < -0.3 is 19.3 Å². The second-order valence-corrected chi connectivity index (χ2v) is 8.73. The Kier molecular flexibility index (Phi) is 6.04. The summed E-state index contributed by atoms with van der Waals surface area (Å²) in [5.74, 6) is 3.25. The normalized spacial score (nSPS) is 18.0. The Bertz CT molecular complexity index is 1190. The van der Waals surface area contributed by atoms with Crippen LogP contribution in [0.5, 0.6) is 11.5 Å². The fourth-order valence-corrected chi connectivity index (χ4v) is 4.95. The Balaban J connectivity index is 1.38. The molecule has 0 N–H and O–H groups in total. The zero-order chi connectivity index (χ0) is 23.7. The van der Waals surface area contributed by atoms with E-state index in [1.807, 2.05) is 49.5 Å². The van der Waals surface area contributed by atoms with E-state index in [4.69, 9.17) is 19.4 Å². The summed E-state index contributed by atoms with van der Waals surface area (Å²) in [7, 11) is 3.28. The molecule has 3 heterocycles. The number of methoxy groups -OCH3 is 2. The molecule has 0 unspecified atom stereocenters. The summed E-state index contributed by atoms with van der Waals surface area (Å²) in [6, 6.07) is 11.7. The minimum absolute atomic E-state index is 0.00371. The molecule has 176 valence electrons. The van der Waals surface area contributed by atoms with E-state index in [0.29, 0.717) is 24.4 Å². The van der Waals surface area contributed by atoms with Crippen LogP contribution >= 0.6 is 0 Å². The van der Waals surface area contributed by atoms with E-state index in [9.17, 15) is 4.79 Å². The number of aryl methyl sites for hydroxylation is 1. The molecule has 1 saturated heterocycles. The van der Waals surface area contributed by atoms with Gasteiger partial charge in [0.2, 0.25) is 5.95 Å². The maximum absolute atomic E-state index is 13.1. The van der Waals surface area contributed by atoms with E-state index in [2.05, 4.69) is 14.8 Å². The predicted octanol–water partition coefficient (Wildman–Crippen LogP) is 3.44. The summed E-state index contributed by atoms with van der Waals surface area (Å²) in [5, 5.41) is 0. The van der Waals surface area contributed by atoms with Crippen molar-refractivity contribution in [2.24, 2.45) is 0 Å². The van der Waals surface area contributed by atoms with Crippen LogP contribution in [0.4, 0.5) is 11.8 Å². The number of hydrogen-bond acceptors (Lipinski definition) is 8. The topological polar surface area (TPSA) is 80.7 Å². The Morgan fingerprint density at radius 2 is 1.74 bits per heavy atom. The third-order valence-electron chi connectivity index (χ3n) is 6.72. The summed E-state index contributed by atoms with van der Waals surface area (Å²) < 4.78 is 10.9. The summed E-state index contributed by atoms with van der Waals surface area (Å²) in [4.78, 5) is 31.7. The average Bonchev–Trinajstić information content (AvgIpc) is 2.88. The quantitative estimate of drug-likeness (QED) is 0.574. The molecule has 2 aromatic heterocycles. The fraction of sp³-hybridized carbons (Fsp3) is 0.385. The van der Waals surface area contributed by atoms with E-state index < -0.39 is 0 Å². The van der Waals surface area contributed by atoms with Gasteiger partial charge in [-0.2, -0.15) is 0 Å². The van der Waals surface area contributed by atoms with Crippen LogP contribution in [-0.2, 0) is 6.42 Å². The van der Waals surface area contributed by atoms with Gasteiger partial charge in [0.1, 0.15) is 17.3 Å². The van der Waals surface area contributed by atoms with Gasteiger partial charge >= 0.3 is 0 Å². The zero-order valence-electron chi connectivity index (χ0n) is 19.8. The molecule has 8 nitrogen and oxygen atoms in total. The van der Waals surface area contributed by atoms with Gasteiger partial charge in [-0.3, -0.25) is 4.79 Å². The Labute approximate surface area is 199 Å². The number of piperazine rings is 1. The van der Waals surface area contributed by atoms with E-state index in [1.165, 1.54) is 0 Å². The van der Waals surface area contributed by atoms with Gasteiger partial charge in [0.05, 0.1) is 31.2 Å². The number of aromatic nitrogens is 3. The van der Waals surface area contributed by atoms with Gasteiger partial charge in [0.25, 0.3) is 0 Å². The van der Waals surface area contributed by atoms with Gasteiger partial charge in [0.15, 0.2) is 5.78 Å². The van der Waals surface area contributed by atoms with Gasteiger partial charge in [-0.15, -0.1) is 0 Å². The minimum Gasteiger partial charge on any atom is -0.497 e. The first-order chi connectivity index (χ1) is 16.6. The van der Waals surface area contributed by atoms with Crippen LogP contribution < -0.4 is 19.3 Å². The molecular formula is C26H29N5O3. The van der Waals surface area contributed by atoms with Gasteiger partial charge in [0, 0.05) is 50.8 Å². The first-order valence-corrected chi connectivity index (χ1v) is 11.6. The van der Waals surface area contributed by atoms with Gasteiger partial charge in [-0.1, -0.05) is 12.1 Å². The number of ether oxygens (including phenoxy) is 2. The molecule has 1 aromatic carbocycles. The molecule has 8 heteroatoms. The Hall–Kier alpha value is -3.68. The number of ketones is 1. The van der Waals surface area contributed by atoms with Gasteiger partial charge in [-0.25, -0.2) is 15.0 Å². The second kappa shape index (κ2) is 9.29. The van der Waals surface area contributed by atoms with Gasteiger partial charge in [-0.05, 0) is 37.1 Å². The summed E-state index contributed by atoms with van der Waals surface area (Å²) in [5.41, 5.74) is 3.27. The van der Waals surface area contributed by atoms with Crippen molar-refractivity contribution in [2.45, 2.75) is 25.7 Å². The molecule has 0 radical (unpaired) electrons. The largest absolute Gasteiger partial charge is 0.497 e. The van der Waals surface area contributed by atoms with Crippen LogP contribution in [0.25, 0.3) is 0 Å². The highest BCUT2D eigenvalue weighted by Crippen LogP contribution is 2.39. The zero-order valence-corrected chi connectivity index (χ0v) is 19.8. The molecule has 34 heavy (non-hydrogen) atoms. The number of nitrogens with zero attached hydrogens (tertiary/aromatic N) is 5. The van der Waals surface area contributed by atoms with Crippen LogP contribution in [0.15, 0.2) is 42.6 Å². The standard InChI is InChI=1S/C26H29N5O3/c1-17-25-21(14-18(15-22(25)32)20-8-7-19(33-2)16-23(20)34-3)29-26(28-17)31-12-10-30(11-13-31)24-6-4-5-9-27-24/h4-9,16,18H,10-15H2,1-3H3/t18-/m1/s1. The maximum Gasteiger partial charge on any atom is 0.225 e. The Morgan fingerprint density at radius 1 is 0.941 bits per heavy atom. The molecule has 1 aliphatic heterocycles. The maximum atomic E-state index is 13.1. The molecule has 0 amide bonds. The first-order valence-electron chi connectivity index (χ1n) is 11.6. The second-order valence-electron chi connectivity index (χ2n) is 8.73. The average molecular weight is 460 g/mol. The smallest absolute Gasteiger partial charge is 0.225 e. The predicted molar refractivity (Wildman–Crippen MR) is 130 cm³/mol. The molecule has 2 aliphatic rings. The third-order valence-corrected chi connectivity index (χ3v) is 6.72. The van der Waals surface area contributed by atoms with Crippen LogP contribution in [0.3, 0.4) is 0 Å². The van der Waals surface area contributed by atoms with Crippen LogP contribution in [0, 0.1) is 6.92 Å². The number of pyridine rings is 1. The molecular weight excluding hydrogens is 430 g/mol. The number of anilines is 2. The molecule has 1 aliphatic carbocycles. The lowest BCUT2D eigenvalue weighted by atomic mass is 9.81. The Morgan fingerprint density at radius 3 is 2.44 bits per heavy atom. The summed E-state index contributed by atoms with van der Waals surface area (Å²) in [6.45, 7) is 5.22. The minimum atomic E-state index is 0.00371. The molecule has 1 fully saturated rings. The van der Waals surface area contributed by atoms with Crippen LogP contribution in [-0.4, -0.2) is 61.1 Å². The molecule has 5 rings (SSSR count). The lowest BCUT2D eigenvalue weighted by Crippen LogP contribution is -2.47. The van der Waals surface area contributed by atoms with Crippen LogP contribution in [0.2, 0.25) is 0 Å². The van der Waals surface area contributed by atoms with Crippen molar-refractivity contribution < 1.29 is 14.3 Å². The first kappa shape index (κ1) is 22.1. The lowest BCUT2D eigenvalue weighted by molar-refractivity contribution is 0.0961. The van der Waals surface area contributed by atoms with Crippen molar-refractivity contribution in [3.05, 3.63) is 65.1 Å². The van der Waals surface area contributed by atoms with Crippen molar-refractivity contribution in [3.8, 4) is 11.5 Å². The number of carbonyl (C=O) groups is 1. The SMILES string of the molecule is COc1ccc([C@H]2CC(=O)c3c(C)nc(N4CCN(c5ccccn5)CC4)nc3C2)c(OC)c1. The molecule has 0 spiro atoms. The number of hydrogen-bond donors (Lipinski definition) is 0. The van der Waals surface area contributed by atoms with Crippen molar-refractivity contribution in [1.29, 1.82) is 0 Å². The van der Waals surface area contributed by atoms with Crippen molar-refractivity contribution >= 4 is 17.5 Å². The van der Waals surface area contributed by atoms with E-state index in [-0.39, 0.29) is 11.7 Å². The lowest BCUT2D eigenvalue weighted by Gasteiger charge is -2.36. The third kappa shape index (κ3) is 4.16. The molecule has 3 aromatic rings. The number of fused-ring (bicyclic) bond motifs is 1. The van der Waals surface area contributed by atoms with Crippen LogP contribution in [0.1, 0.15) is 39.6 Å².